The second kappa shape index (κ2) is 13.6. The van der Waals surface area contributed by atoms with Crippen LogP contribution in [0.15, 0.2) is 91.0 Å². The van der Waals surface area contributed by atoms with E-state index in [9.17, 15) is 9.59 Å². The normalized spacial score (nSPS) is 17.1. The van der Waals surface area contributed by atoms with Crippen LogP contribution >= 0.6 is 0 Å². The van der Waals surface area contributed by atoms with Crippen molar-refractivity contribution < 1.29 is 23.8 Å². The third kappa shape index (κ3) is 8.04. The molecule has 0 amide bonds. The fourth-order valence-corrected chi connectivity index (χ4v) is 4.49. The molecule has 0 aromatic heterocycles. The molecular weight excluding hydrogens is 454 g/mol. The molecule has 2 atom stereocenters. The predicted molar refractivity (Wildman–Crippen MR) is 137 cm³/mol. The van der Waals surface area contributed by atoms with Gasteiger partial charge >= 0.3 is 11.9 Å². The number of hydrogen-bond donors (Lipinski definition) is 0. The van der Waals surface area contributed by atoms with E-state index >= 15 is 0 Å². The van der Waals surface area contributed by atoms with Crippen LogP contribution in [-0.4, -0.2) is 42.1 Å². The highest BCUT2D eigenvalue weighted by Crippen LogP contribution is 2.28. The highest BCUT2D eigenvalue weighted by atomic mass is 16.5. The smallest absolute Gasteiger partial charge is 0.320 e. The Labute approximate surface area is 212 Å². The molecule has 6 nitrogen and oxygen atoms in total. The summed E-state index contributed by atoms with van der Waals surface area (Å²) < 4.78 is 17.3. The highest BCUT2D eigenvalue weighted by molar-refractivity contribution is 5.75. The van der Waals surface area contributed by atoms with E-state index in [1.165, 1.54) is 0 Å². The van der Waals surface area contributed by atoms with Crippen LogP contribution in [-0.2, 0) is 43.6 Å². The van der Waals surface area contributed by atoms with Gasteiger partial charge in [0.05, 0.1) is 25.8 Å². The second-order valence-corrected chi connectivity index (χ2v) is 9.03. The molecule has 3 aromatic rings. The van der Waals surface area contributed by atoms with Gasteiger partial charge in [-0.15, -0.1) is 0 Å². The lowest BCUT2D eigenvalue weighted by molar-refractivity contribution is -0.152. The summed E-state index contributed by atoms with van der Waals surface area (Å²) in [6.45, 7) is 0.897. The zero-order valence-corrected chi connectivity index (χ0v) is 20.5. The molecule has 0 heterocycles. The van der Waals surface area contributed by atoms with Crippen molar-refractivity contribution in [2.75, 3.05) is 13.1 Å². The quantitative estimate of drug-likeness (QED) is 0.338. The summed E-state index contributed by atoms with van der Waals surface area (Å²) in [5.74, 6) is -0.744. The first-order chi connectivity index (χ1) is 17.7. The molecule has 36 heavy (non-hydrogen) atoms. The molecule has 1 aliphatic carbocycles. The van der Waals surface area contributed by atoms with Gasteiger partial charge in [-0.25, -0.2) is 0 Å². The molecule has 2 unspecified atom stereocenters. The van der Waals surface area contributed by atoms with Crippen LogP contribution in [0.5, 0.6) is 0 Å². The Morgan fingerprint density at radius 2 is 1.08 bits per heavy atom. The van der Waals surface area contributed by atoms with Crippen molar-refractivity contribution in [1.29, 1.82) is 0 Å². The van der Waals surface area contributed by atoms with Gasteiger partial charge in [-0.3, -0.25) is 14.5 Å². The Balaban J connectivity index is 1.38. The van der Waals surface area contributed by atoms with Crippen LogP contribution in [0.3, 0.4) is 0 Å². The fourth-order valence-electron chi connectivity index (χ4n) is 4.49. The Morgan fingerprint density at radius 3 is 1.56 bits per heavy atom. The number of ether oxygens (including phenoxy) is 3. The number of benzene rings is 3. The molecule has 0 saturated heterocycles. The van der Waals surface area contributed by atoms with Crippen molar-refractivity contribution >= 4 is 11.9 Å². The van der Waals surface area contributed by atoms with Crippen LogP contribution < -0.4 is 0 Å². The lowest BCUT2D eigenvalue weighted by Crippen LogP contribution is -2.47. The molecule has 0 aliphatic heterocycles. The maximum absolute atomic E-state index is 12.8. The number of nitrogens with zero attached hydrogens (tertiary/aromatic N) is 1. The van der Waals surface area contributed by atoms with Crippen molar-refractivity contribution in [2.45, 2.75) is 51.2 Å². The number of esters is 2. The van der Waals surface area contributed by atoms with Crippen LogP contribution in [0.1, 0.15) is 36.0 Å². The van der Waals surface area contributed by atoms with Crippen molar-refractivity contribution in [3.8, 4) is 0 Å². The molecule has 0 spiro atoms. The predicted octanol–water partition coefficient (Wildman–Crippen LogP) is 4.91. The highest BCUT2D eigenvalue weighted by Gasteiger charge is 2.35. The van der Waals surface area contributed by atoms with E-state index < -0.39 is 0 Å². The third-order valence-electron chi connectivity index (χ3n) is 6.34. The lowest BCUT2D eigenvalue weighted by atomic mass is 10.1. The number of hydrogen-bond acceptors (Lipinski definition) is 6. The maximum Gasteiger partial charge on any atom is 0.320 e. The molecular formula is C30H33NO5. The van der Waals surface area contributed by atoms with Crippen molar-refractivity contribution in [1.82, 2.24) is 4.90 Å². The number of carbonyl (C=O) groups is 2. The van der Waals surface area contributed by atoms with E-state index in [0.29, 0.717) is 6.61 Å². The molecule has 1 aliphatic rings. The molecule has 1 saturated carbocycles. The number of rotatable bonds is 12. The molecule has 0 bridgehead atoms. The maximum atomic E-state index is 12.8. The summed E-state index contributed by atoms with van der Waals surface area (Å²) in [5.41, 5.74) is 2.94. The summed E-state index contributed by atoms with van der Waals surface area (Å²) in [7, 11) is 0. The Kier molecular flexibility index (Phi) is 9.65. The van der Waals surface area contributed by atoms with Gasteiger partial charge in [-0.1, -0.05) is 91.0 Å². The fraction of sp³-hybridized carbons (Fsp3) is 0.333. The van der Waals surface area contributed by atoms with Gasteiger partial charge in [0.15, 0.2) is 0 Å². The second-order valence-electron chi connectivity index (χ2n) is 9.03. The lowest BCUT2D eigenvalue weighted by Gasteiger charge is -2.31. The summed E-state index contributed by atoms with van der Waals surface area (Å²) >= 11 is 0. The van der Waals surface area contributed by atoms with Crippen molar-refractivity contribution in [3.63, 3.8) is 0 Å². The van der Waals surface area contributed by atoms with Crippen LogP contribution in [0.25, 0.3) is 0 Å². The average molecular weight is 488 g/mol. The molecule has 0 N–H and O–H groups in total. The van der Waals surface area contributed by atoms with Crippen LogP contribution in [0.4, 0.5) is 0 Å². The minimum atomic E-state index is -0.372. The standard InChI is InChI=1S/C30H33NO5/c32-29(35-22-25-13-6-2-7-14-25)19-31(20-30(33)36-23-26-15-8-3-9-16-26)27-17-10-18-28(27)34-21-24-11-4-1-5-12-24/h1-9,11-16,27-28H,10,17-23H2. The summed E-state index contributed by atoms with van der Waals surface area (Å²) in [6.07, 6.45) is 2.62. The summed E-state index contributed by atoms with van der Waals surface area (Å²) in [4.78, 5) is 27.4. The molecule has 0 radical (unpaired) electrons. The molecule has 6 heteroatoms. The minimum absolute atomic E-state index is 0.00311. The van der Waals surface area contributed by atoms with E-state index in [1.54, 1.807) is 0 Å². The topological polar surface area (TPSA) is 65.1 Å². The summed E-state index contributed by atoms with van der Waals surface area (Å²) in [6, 6.07) is 29.1. The van der Waals surface area contributed by atoms with Gasteiger partial charge in [0.2, 0.25) is 0 Å². The molecule has 3 aromatic carbocycles. The zero-order valence-electron chi connectivity index (χ0n) is 20.5. The average Bonchev–Trinajstić information content (AvgIpc) is 3.40. The van der Waals surface area contributed by atoms with Crippen LogP contribution in [0.2, 0.25) is 0 Å². The van der Waals surface area contributed by atoms with Gasteiger partial charge in [-0.2, -0.15) is 0 Å². The number of carbonyl (C=O) groups excluding carboxylic acids is 2. The first-order valence-corrected chi connectivity index (χ1v) is 12.5. The van der Waals surface area contributed by atoms with Crippen molar-refractivity contribution in [3.05, 3.63) is 108 Å². The molecule has 1 fully saturated rings. The molecule has 4 rings (SSSR count). The van der Waals surface area contributed by atoms with E-state index in [0.717, 1.165) is 36.0 Å². The SMILES string of the molecule is O=C(CN(CC(=O)OCc1ccccc1)C1CCCC1OCc1ccccc1)OCc1ccccc1. The van der Waals surface area contributed by atoms with Gasteiger partial charge in [0.1, 0.15) is 13.2 Å². The van der Waals surface area contributed by atoms with Crippen LogP contribution in [0, 0.1) is 0 Å². The van der Waals surface area contributed by atoms with Crippen molar-refractivity contribution in [2.24, 2.45) is 0 Å². The Morgan fingerprint density at radius 1 is 0.639 bits per heavy atom. The largest absolute Gasteiger partial charge is 0.460 e. The Hall–Kier alpha value is -3.48. The van der Waals surface area contributed by atoms with Gasteiger partial charge in [0, 0.05) is 6.04 Å². The minimum Gasteiger partial charge on any atom is -0.460 e. The van der Waals surface area contributed by atoms with E-state index in [-0.39, 0.29) is 50.4 Å². The zero-order chi connectivity index (χ0) is 25.0. The first kappa shape index (κ1) is 25.6. The van der Waals surface area contributed by atoms with E-state index in [4.69, 9.17) is 14.2 Å². The summed E-state index contributed by atoms with van der Waals surface area (Å²) in [5, 5.41) is 0. The third-order valence-corrected chi connectivity index (χ3v) is 6.34. The Bertz CT molecular complexity index is 1020. The van der Waals surface area contributed by atoms with E-state index in [1.807, 2.05) is 95.9 Å². The first-order valence-electron chi connectivity index (χ1n) is 12.5. The van der Waals surface area contributed by atoms with Gasteiger partial charge < -0.3 is 14.2 Å². The monoisotopic (exact) mass is 487 g/mol. The van der Waals surface area contributed by atoms with Gasteiger partial charge in [-0.05, 0) is 36.0 Å². The van der Waals surface area contributed by atoms with E-state index in [2.05, 4.69) is 0 Å². The molecule has 188 valence electrons. The van der Waals surface area contributed by atoms with Gasteiger partial charge in [0.25, 0.3) is 0 Å².